The normalized spacial score (nSPS) is 16.9. The molecule has 0 saturated carbocycles. The highest BCUT2D eigenvalue weighted by atomic mass is 16.5. The molecule has 1 fully saturated rings. The largest absolute Gasteiger partial charge is 0.507 e. The Morgan fingerprint density at radius 2 is 1.67 bits per heavy atom. The molecule has 1 aromatic heterocycles. The Hall–Kier alpha value is -4.65. The summed E-state index contributed by atoms with van der Waals surface area (Å²) >= 11 is 0. The van der Waals surface area contributed by atoms with E-state index in [-0.39, 0.29) is 17.2 Å². The van der Waals surface area contributed by atoms with Crippen molar-refractivity contribution in [1.29, 1.82) is 0 Å². The summed E-state index contributed by atoms with van der Waals surface area (Å²) in [6, 6.07) is 24.7. The number of carbonyl (C=O) groups is 2. The Bertz CT molecular complexity index is 1440. The number of amides is 1. The van der Waals surface area contributed by atoms with Crippen molar-refractivity contribution in [3.05, 3.63) is 119 Å². The SMILES string of the molecule is Cc1ccc(C(O)=C2C(=O)C(=O)N(c3cc(C)on3)C2c2ccc(OCc3ccccc3)cc2)cc1. The predicted octanol–water partition coefficient (Wildman–Crippen LogP) is 5.50. The van der Waals surface area contributed by atoms with Gasteiger partial charge >= 0.3 is 5.91 Å². The minimum Gasteiger partial charge on any atom is -0.507 e. The number of hydrogen-bond acceptors (Lipinski definition) is 6. The first-order valence-corrected chi connectivity index (χ1v) is 11.5. The molecule has 1 saturated heterocycles. The number of aliphatic hydroxyl groups is 1. The maximum absolute atomic E-state index is 13.2. The van der Waals surface area contributed by atoms with E-state index >= 15 is 0 Å². The maximum Gasteiger partial charge on any atom is 0.301 e. The molecule has 7 heteroatoms. The lowest BCUT2D eigenvalue weighted by molar-refractivity contribution is -0.132. The van der Waals surface area contributed by atoms with Crippen molar-refractivity contribution in [1.82, 2.24) is 5.16 Å². The number of nitrogens with zero attached hydrogens (tertiary/aromatic N) is 2. The van der Waals surface area contributed by atoms with Crippen LogP contribution in [0.2, 0.25) is 0 Å². The molecule has 1 aliphatic rings. The van der Waals surface area contributed by atoms with Crippen molar-refractivity contribution in [2.24, 2.45) is 0 Å². The van der Waals surface area contributed by atoms with E-state index in [9.17, 15) is 14.7 Å². The average Bonchev–Trinajstić information content (AvgIpc) is 3.44. The lowest BCUT2D eigenvalue weighted by Crippen LogP contribution is -2.29. The fraction of sp³-hybridized carbons (Fsp3) is 0.138. The van der Waals surface area contributed by atoms with Gasteiger partial charge in [-0.25, -0.2) is 0 Å². The van der Waals surface area contributed by atoms with Gasteiger partial charge in [-0.3, -0.25) is 14.5 Å². The van der Waals surface area contributed by atoms with E-state index in [1.807, 2.05) is 49.4 Å². The molecule has 0 radical (unpaired) electrons. The van der Waals surface area contributed by atoms with Crippen LogP contribution in [0.4, 0.5) is 5.82 Å². The fourth-order valence-corrected chi connectivity index (χ4v) is 4.21. The third kappa shape index (κ3) is 4.38. The Balaban J connectivity index is 1.54. The third-order valence-corrected chi connectivity index (χ3v) is 6.08. The van der Waals surface area contributed by atoms with Crippen LogP contribution in [0.15, 0.2) is 95.0 Å². The molecule has 7 nitrogen and oxygen atoms in total. The van der Waals surface area contributed by atoms with Crippen LogP contribution in [0.3, 0.4) is 0 Å². The number of ether oxygens (including phenoxy) is 1. The number of aromatic nitrogens is 1. The molecule has 3 aromatic carbocycles. The van der Waals surface area contributed by atoms with E-state index in [1.54, 1.807) is 49.4 Å². The van der Waals surface area contributed by atoms with Crippen molar-refractivity contribution < 1.29 is 24.0 Å². The van der Waals surface area contributed by atoms with Crippen molar-refractivity contribution in [2.75, 3.05) is 4.90 Å². The maximum atomic E-state index is 13.2. The van der Waals surface area contributed by atoms with Crippen molar-refractivity contribution in [2.45, 2.75) is 26.5 Å². The summed E-state index contributed by atoms with van der Waals surface area (Å²) in [4.78, 5) is 27.6. The first-order chi connectivity index (χ1) is 17.4. The molecule has 1 unspecified atom stereocenters. The molecule has 2 heterocycles. The number of aryl methyl sites for hydroxylation is 2. The quantitative estimate of drug-likeness (QED) is 0.223. The molecule has 1 N–H and O–H groups in total. The molecule has 0 spiro atoms. The predicted molar refractivity (Wildman–Crippen MR) is 134 cm³/mol. The van der Waals surface area contributed by atoms with E-state index in [4.69, 9.17) is 9.26 Å². The Kier molecular flexibility index (Phi) is 6.12. The zero-order valence-corrected chi connectivity index (χ0v) is 19.8. The molecular weight excluding hydrogens is 456 g/mol. The van der Waals surface area contributed by atoms with Gasteiger partial charge in [0.2, 0.25) is 0 Å². The second kappa shape index (κ2) is 9.54. The van der Waals surface area contributed by atoms with E-state index in [1.165, 1.54) is 4.90 Å². The molecular formula is C29H24N2O5. The van der Waals surface area contributed by atoms with Gasteiger partial charge in [-0.1, -0.05) is 77.5 Å². The Morgan fingerprint density at radius 1 is 0.972 bits per heavy atom. The molecule has 36 heavy (non-hydrogen) atoms. The molecule has 1 aliphatic heterocycles. The minimum absolute atomic E-state index is 0.0116. The second-order valence-corrected chi connectivity index (χ2v) is 8.67. The zero-order valence-electron chi connectivity index (χ0n) is 19.8. The van der Waals surface area contributed by atoms with Gasteiger partial charge in [0.15, 0.2) is 5.82 Å². The zero-order chi connectivity index (χ0) is 25.2. The van der Waals surface area contributed by atoms with Gasteiger partial charge in [0.1, 0.15) is 23.9 Å². The first-order valence-electron chi connectivity index (χ1n) is 11.5. The van der Waals surface area contributed by atoms with Gasteiger partial charge in [0.05, 0.1) is 11.6 Å². The summed E-state index contributed by atoms with van der Waals surface area (Å²) in [5, 5.41) is 15.1. The molecule has 0 aliphatic carbocycles. The number of ketones is 1. The summed E-state index contributed by atoms with van der Waals surface area (Å²) < 4.78 is 11.1. The minimum atomic E-state index is -0.890. The van der Waals surface area contributed by atoms with Crippen LogP contribution in [0.5, 0.6) is 5.75 Å². The van der Waals surface area contributed by atoms with Crippen LogP contribution >= 0.6 is 0 Å². The topological polar surface area (TPSA) is 92.9 Å². The van der Waals surface area contributed by atoms with Gasteiger partial charge in [-0.05, 0) is 37.1 Å². The number of carbonyl (C=O) groups excluding carboxylic acids is 2. The lowest BCUT2D eigenvalue weighted by Gasteiger charge is -2.23. The third-order valence-electron chi connectivity index (χ3n) is 6.08. The van der Waals surface area contributed by atoms with Gasteiger partial charge in [-0.15, -0.1) is 0 Å². The molecule has 1 amide bonds. The Morgan fingerprint density at radius 3 is 2.31 bits per heavy atom. The van der Waals surface area contributed by atoms with Crippen LogP contribution in [0.25, 0.3) is 5.76 Å². The van der Waals surface area contributed by atoms with Crippen molar-refractivity contribution in [3.63, 3.8) is 0 Å². The van der Waals surface area contributed by atoms with Gasteiger partial charge in [-0.2, -0.15) is 0 Å². The Labute approximate surface area is 208 Å². The fourth-order valence-electron chi connectivity index (χ4n) is 4.21. The standard InChI is InChI=1S/C29H24N2O5/c1-18-8-10-22(11-9-18)27(32)25-26(31(29(34)28(25)33)24-16-19(2)36-30-24)21-12-14-23(15-13-21)35-17-20-6-4-3-5-7-20/h3-16,26,32H,17H2,1-2H3. The highest BCUT2D eigenvalue weighted by Crippen LogP contribution is 2.42. The van der Waals surface area contributed by atoms with E-state index in [0.29, 0.717) is 29.2 Å². The van der Waals surface area contributed by atoms with E-state index in [2.05, 4.69) is 5.16 Å². The second-order valence-electron chi connectivity index (χ2n) is 8.67. The molecule has 1 atom stereocenters. The molecule has 5 rings (SSSR count). The summed E-state index contributed by atoms with van der Waals surface area (Å²) in [5.41, 5.74) is 3.10. The van der Waals surface area contributed by atoms with Crippen molar-refractivity contribution in [3.8, 4) is 5.75 Å². The summed E-state index contributed by atoms with van der Waals surface area (Å²) in [5.74, 6) is -0.490. The number of hydrogen-bond donors (Lipinski definition) is 1. The molecule has 0 bridgehead atoms. The number of aliphatic hydroxyl groups excluding tert-OH is 1. The van der Waals surface area contributed by atoms with Gasteiger partial charge in [0.25, 0.3) is 5.78 Å². The summed E-state index contributed by atoms with van der Waals surface area (Å²) in [7, 11) is 0. The number of benzene rings is 3. The van der Waals surface area contributed by atoms with Crippen LogP contribution in [0, 0.1) is 13.8 Å². The van der Waals surface area contributed by atoms with Gasteiger partial charge < -0.3 is 14.4 Å². The van der Waals surface area contributed by atoms with E-state index in [0.717, 1.165) is 11.1 Å². The average molecular weight is 481 g/mol. The van der Waals surface area contributed by atoms with Crippen LogP contribution < -0.4 is 9.64 Å². The van der Waals surface area contributed by atoms with Crippen LogP contribution in [-0.4, -0.2) is 22.0 Å². The highest BCUT2D eigenvalue weighted by molar-refractivity contribution is 6.51. The molecule has 180 valence electrons. The number of anilines is 1. The smallest absolute Gasteiger partial charge is 0.301 e. The van der Waals surface area contributed by atoms with Crippen LogP contribution in [-0.2, 0) is 16.2 Å². The monoisotopic (exact) mass is 480 g/mol. The van der Waals surface area contributed by atoms with Crippen LogP contribution in [0.1, 0.15) is 34.1 Å². The molecule has 4 aromatic rings. The highest BCUT2D eigenvalue weighted by Gasteiger charge is 2.48. The summed E-state index contributed by atoms with van der Waals surface area (Å²) in [6.45, 7) is 4.04. The van der Waals surface area contributed by atoms with Crippen molar-refractivity contribution >= 4 is 23.3 Å². The van der Waals surface area contributed by atoms with E-state index < -0.39 is 17.7 Å². The number of Topliss-reactive ketones (excluding diaryl/α,β-unsaturated/α-hetero) is 1. The van der Waals surface area contributed by atoms with Gasteiger partial charge in [0, 0.05) is 11.6 Å². The summed E-state index contributed by atoms with van der Waals surface area (Å²) in [6.07, 6.45) is 0. The first kappa shape index (κ1) is 23.1. The lowest BCUT2D eigenvalue weighted by atomic mass is 9.95. The number of rotatable bonds is 6.